The molecule has 9 heteroatoms. The predicted molar refractivity (Wildman–Crippen MR) is 101 cm³/mol. The maximum atomic E-state index is 12.5. The molecule has 27 heavy (non-hydrogen) atoms. The minimum Gasteiger partial charge on any atom is -0.493 e. The van der Waals surface area contributed by atoms with Gasteiger partial charge in [-0.05, 0) is 23.8 Å². The van der Waals surface area contributed by atoms with Crippen LogP contribution >= 0.6 is 0 Å². The van der Waals surface area contributed by atoms with Crippen molar-refractivity contribution in [3.63, 3.8) is 0 Å². The van der Waals surface area contributed by atoms with Crippen molar-refractivity contribution in [3.05, 3.63) is 42.1 Å². The molecule has 1 N–H and O–H groups in total. The van der Waals surface area contributed by atoms with Gasteiger partial charge in [-0.15, -0.1) is 0 Å². The zero-order valence-electron chi connectivity index (χ0n) is 15.3. The van der Waals surface area contributed by atoms with Crippen LogP contribution in [0.15, 0.2) is 41.4 Å². The molecule has 1 aliphatic heterocycles. The molecule has 3 rings (SSSR count). The van der Waals surface area contributed by atoms with Gasteiger partial charge in [-0.25, -0.2) is 18.1 Å². The van der Waals surface area contributed by atoms with Gasteiger partial charge < -0.3 is 19.1 Å². The molecule has 2 heterocycles. The topological polar surface area (TPSA) is 90.0 Å². The highest BCUT2D eigenvalue weighted by Gasteiger charge is 2.17. The van der Waals surface area contributed by atoms with Crippen LogP contribution in [0.25, 0.3) is 0 Å². The number of ether oxygens (including phenoxy) is 3. The number of benzene rings is 1. The molecule has 2 aromatic rings. The molecule has 0 bridgehead atoms. The highest BCUT2D eigenvalue weighted by atomic mass is 32.2. The molecule has 1 aliphatic rings. The van der Waals surface area contributed by atoms with Gasteiger partial charge in [0.05, 0.1) is 32.3 Å². The number of nitrogens with zero attached hydrogens (tertiary/aromatic N) is 2. The number of methoxy groups -OCH3 is 2. The van der Waals surface area contributed by atoms with E-state index < -0.39 is 10.0 Å². The molecule has 1 fully saturated rings. The van der Waals surface area contributed by atoms with Crippen molar-refractivity contribution in [1.82, 2.24) is 9.71 Å². The molecule has 0 atom stereocenters. The number of aromatic nitrogens is 1. The average molecular weight is 393 g/mol. The molecule has 0 unspecified atom stereocenters. The lowest BCUT2D eigenvalue weighted by molar-refractivity contribution is 0.122. The Morgan fingerprint density at radius 3 is 2.48 bits per heavy atom. The largest absolute Gasteiger partial charge is 0.493 e. The first-order valence-corrected chi connectivity index (χ1v) is 10.0. The summed E-state index contributed by atoms with van der Waals surface area (Å²) in [5, 5.41) is 0. The van der Waals surface area contributed by atoms with Crippen LogP contribution in [-0.2, 0) is 21.3 Å². The van der Waals surface area contributed by atoms with Gasteiger partial charge in [0.25, 0.3) is 0 Å². The molecule has 1 aromatic carbocycles. The Morgan fingerprint density at radius 2 is 1.85 bits per heavy atom. The van der Waals surface area contributed by atoms with Crippen LogP contribution in [-0.4, -0.2) is 53.9 Å². The van der Waals surface area contributed by atoms with Crippen molar-refractivity contribution in [2.75, 3.05) is 45.4 Å². The number of morpholine rings is 1. The van der Waals surface area contributed by atoms with Crippen molar-refractivity contribution in [3.8, 4) is 11.5 Å². The number of pyridine rings is 1. The lowest BCUT2D eigenvalue weighted by Crippen LogP contribution is -2.36. The second-order valence-corrected chi connectivity index (χ2v) is 7.73. The Morgan fingerprint density at radius 1 is 1.11 bits per heavy atom. The maximum absolute atomic E-state index is 12.5. The van der Waals surface area contributed by atoms with Gasteiger partial charge in [0, 0.05) is 31.9 Å². The zero-order valence-corrected chi connectivity index (χ0v) is 16.2. The van der Waals surface area contributed by atoms with E-state index >= 15 is 0 Å². The van der Waals surface area contributed by atoms with Gasteiger partial charge >= 0.3 is 0 Å². The van der Waals surface area contributed by atoms with Gasteiger partial charge in [0.1, 0.15) is 5.82 Å². The molecule has 0 saturated carbocycles. The monoisotopic (exact) mass is 393 g/mol. The molecular weight excluding hydrogens is 370 g/mol. The zero-order chi connectivity index (χ0) is 19.3. The first-order chi connectivity index (χ1) is 13.0. The van der Waals surface area contributed by atoms with E-state index in [1.54, 1.807) is 12.3 Å². The minimum absolute atomic E-state index is 0.109. The number of hydrogen-bond donors (Lipinski definition) is 1. The highest BCUT2D eigenvalue weighted by Crippen LogP contribution is 2.29. The second kappa shape index (κ2) is 8.55. The van der Waals surface area contributed by atoms with E-state index in [9.17, 15) is 8.42 Å². The summed E-state index contributed by atoms with van der Waals surface area (Å²) in [5.41, 5.74) is 0.774. The summed E-state index contributed by atoms with van der Waals surface area (Å²) in [6.45, 7) is 3.13. The quantitative estimate of drug-likeness (QED) is 0.761. The van der Waals surface area contributed by atoms with Gasteiger partial charge in [-0.1, -0.05) is 6.07 Å². The van der Waals surface area contributed by atoms with Crippen LogP contribution in [0.1, 0.15) is 5.56 Å². The molecule has 1 aromatic heterocycles. The summed E-state index contributed by atoms with van der Waals surface area (Å²) in [5.74, 6) is 1.70. The molecule has 0 spiro atoms. The van der Waals surface area contributed by atoms with Crippen LogP contribution in [0, 0.1) is 0 Å². The van der Waals surface area contributed by atoms with Gasteiger partial charge in [0.15, 0.2) is 11.5 Å². The minimum atomic E-state index is -3.69. The number of hydrogen-bond acceptors (Lipinski definition) is 7. The smallest absolute Gasteiger partial charge is 0.241 e. The summed E-state index contributed by atoms with van der Waals surface area (Å²) < 4.78 is 43.3. The van der Waals surface area contributed by atoms with Crippen LogP contribution in [0.3, 0.4) is 0 Å². The summed E-state index contributed by atoms with van der Waals surface area (Å²) in [4.78, 5) is 6.67. The lowest BCUT2D eigenvalue weighted by Gasteiger charge is -2.27. The van der Waals surface area contributed by atoms with Crippen molar-refractivity contribution in [2.24, 2.45) is 0 Å². The van der Waals surface area contributed by atoms with E-state index in [2.05, 4.69) is 14.6 Å². The van der Waals surface area contributed by atoms with E-state index in [1.807, 2.05) is 12.1 Å². The Balaban J connectivity index is 1.66. The molecule has 0 aliphatic carbocycles. The van der Waals surface area contributed by atoms with E-state index in [0.29, 0.717) is 24.7 Å². The fourth-order valence-electron chi connectivity index (χ4n) is 2.75. The van der Waals surface area contributed by atoms with E-state index in [4.69, 9.17) is 14.2 Å². The molecular formula is C18H23N3O5S. The first kappa shape index (κ1) is 19.4. The summed E-state index contributed by atoms with van der Waals surface area (Å²) in [7, 11) is -0.727. The summed E-state index contributed by atoms with van der Waals surface area (Å²) in [6, 6.07) is 8.23. The van der Waals surface area contributed by atoms with E-state index in [0.717, 1.165) is 24.5 Å². The van der Waals surface area contributed by atoms with Gasteiger partial charge in [-0.3, -0.25) is 0 Å². The molecule has 0 amide bonds. The van der Waals surface area contributed by atoms with Crippen molar-refractivity contribution in [2.45, 2.75) is 11.4 Å². The fourth-order valence-corrected chi connectivity index (χ4v) is 3.78. The Labute approximate surface area is 159 Å². The van der Waals surface area contributed by atoms with Gasteiger partial charge in [0.2, 0.25) is 10.0 Å². The molecule has 8 nitrogen and oxygen atoms in total. The van der Waals surface area contributed by atoms with E-state index in [1.165, 1.54) is 26.4 Å². The Kier molecular flexibility index (Phi) is 6.15. The highest BCUT2D eigenvalue weighted by molar-refractivity contribution is 7.89. The van der Waals surface area contributed by atoms with E-state index in [-0.39, 0.29) is 11.4 Å². The average Bonchev–Trinajstić information content (AvgIpc) is 2.72. The first-order valence-electron chi connectivity index (χ1n) is 8.53. The van der Waals surface area contributed by atoms with Crippen LogP contribution in [0.2, 0.25) is 0 Å². The fraction of sp³-hybridized carbons (Fsp3) is 0.389. The van der Waals surface area contributed by atoms with Gasteiger partial charge in [-0.2, -0.15) is 0 Å². The standard InChI is InChI=1S/C18H23N3O5S/c1-24-16-5-4-15(11-17(16)25-2)27(22,23)20-13-14-3-6-18(19-12-14)21-7-9-26-10-8-21/h3-6,11-12,20H,7-10,13H2,1-2H3. The van der Waals surface area contributed by atoms with Crippen LogP contribution in [0.5, 0.6) is 11.5 Å². The number of rotatable bonds is 7. The third kappa shape index (κ3) is 4.68. The third-order valence-corrected chi connectivity index (χ3v) is 5.67. The number of sulfonamides is 1. The third-order valence-electron chi connectivity index (χ3n) is 4.28. The van der Waals surface area contributed by atoms with Crippen molar-refractivity contribution in [1.29, 1.82) is 0 Å². The Hall–Kier alpha value is -2.36. The van der Waals surface area contributed by atoms with Crippen LogP contribution < -0.4 is 19.1 Å². The summed E-state index contributed by atoms with van der Waals surface area (Å²) >= 11 is 0. The SMILES string of the molecule is COc1ccc(S(=O)(=O)NCc2ccc(N3CCOCC3)nc2)cc1OC. The van der Waals surface area contributed by atoms with Crippen molar-refractivity contribution >= 4 is 15.8 Å². The maximum Gasteiger partial charge on any atom is 0.241 e. The lowest BCUT2D eigenvalue weighted by atomic mass is 10.3. The molecule has 1 saturated heterocycles. The van der Waals surface area contributed by atoms with Crippen molar-refractivity contribution < 1.29 is 22.6 Å². The normalized spacial score (nSPS) is 14.8. The predicted octanol–water partition coefficient (Wildman–Crippen LogP) is 1.41. The molecule has 0 radical (unpaired) electrons. The second-order valence-electron chi connectivity index (χ2n) is 5.97. The number of anilines is 1. The van der Waals surface area contributed by atoms with Crippen LogP contribution in [0.4, 0.5) is 5.82 Å². The summed E-state index contributed by atoms with van der Waals surface area (Å²) in [6.07, 6.45) is 1.68. The molecule has 146 valence electrons. The Bertz CT molecular complexity index is 865. The number of nitrogens with one attached hydrogen (secondary N) is 1.